The molecule has 0 aromatic heterocycles. The fourth-order valence-corrected chi connectivity index (χ4v) is 2.30. The monoisotopic (exact) mass is 292 g/mol. The highest BCUT2D eigenvalue weighted by molar-refractivity contribution is 5.28. The fourth-order valence-electron chi connectivity index (χ4n) is 2.30. The average Bonchev–Trinajstić information content (AvgIpc) is 2.50. The van der Waals surface area contributed by atoms with E-state index in [1.165, 1.54) is 44.3 Å². The summed E-state index contributed by atoms with van der Waals surface area (Å²) in [6.07, 6.45) is 5.96. The number of nitrogens with zero attached hydrogens (tertiary/aromatic N) is 1. The van der Waals surface area contributed by atoms with Crippen molar-refractivity contribution in [1.29, 1.82) is 0 Å². The van der Waals surface area contributed by atoms with Crippen molar-refractivity contribution in [2.75, 3.05) is 26.2 Å². The first-order valence-electron chi connectivity index (χ1n) is 8.44. The van der Waals surface area contributed by atoms with Crippen molar-refractivity contribution >= 4 is 0 Å². The van der Waals surface area contributed by atoms with Gasteiger partial charge in [-0.2, -0.15) is 0 Å². The lowest BCUT2D eigenvalue weighted by atomic mass is 10.1. The van der Waals surface area contributed by atoms with E-state index in [4.69, 9.17) is 10.5 Å². The maximum absolute atomic E-state index is 5.73. The quantitative estimate of drug-likeness (QED) is 0.595. The zero-order chi connectivity index (χ0) is 15.3. The van der Waals surface area contributed by atoms with Gasteiger partial charge in [-0.15, -0.1) is 0 Å². The van der Waals surface area contributed by atoms with Crippen molar-refractivity contribution in [3.63, 3.8) is 0 Å². The molecule has 0 spiro atoms. The minimum absolute atomic E-state index is 0.682. The van der Waals surface area contributed by atoms with Gasteiger partial charge in [0.25, 0.3) is 0 Å². The van der Waals surface area contributed by atoms with E-state index in [9.17, 15) is 0 Å². The van der Waals surface area contributed by atoms with Crippen molar-refractivity contribution in [1.82, 2.24) is 4.90 Å². The largest absolute Gasteiger partial charge is 0.494 e. The zero-order valence-electron chi connectivity index (χ0n) is 13.8. The molecule has 0 fully saturated rings. The van der Waals surface area contributed by atoms with Crippen LogP contribution in [0.1, 0.15) is 51.5 Å². The van der Waals surface area contributed by atoms with Crippen molar-refractivity contribution in [3.8, 4) is 5.75 Å². The number of hydrogen-bond acceptors (Lipinski definition) is 3. The smallest absolute Gasteiger partial charge is 0.119 e. The number of nitrogens with two attached hydrogens (primary N) is 1. The van der Waals surface area contributed by atoms with Crippen LogP contribution in [0.4, 0.5) is 0 Å². The topological polar surface area (TPSA) is 38.5 Å². The highest BCUT2D eigenvalue weighted by atomic mass is 16.5. The number of unbranched alkanes of at least 4 members (excludes halogenated alkanes) is 2. The summed E-state index contributed by atoms with van der Waals surface area (Å²) < 4.78 is 5.73. The molecule has 0 amide bonds. The van der Waals surface area contributed by atoms with Crippen LogP contribution in [-0.4, -0.2) is 31.1 Å². The Morgan fingerprint density at radius 2 is 1.76 bits per heavy atom. The molecule has 3 heteroatoms. The Morgan fingerprint density at radius 1 is 1.05 bits per heavy atom. The molecule has 120 valence electrons. The maximum atomic E-state index is 5.73. The Bertz CT molecular complexity index is 360. The lowest BCUT2D eigenvalue weighted by molar-refractivity contribution is 0.256. The van der Waals surface area contributed by atoms with Gasteiger partial charge in [-0.05, 0) is 56.6 Å². The van der Waals surface area contributed by atoms with Crippen LogP contribution in [0.2, 0.25) is 0 Å². The highest BCUT2D eigenvalue weighted by Gasteiger charge is 2.06. The number of ether oxygens (including phenoxy) is 1. The first-order chi connectivity index (χ1) is 10.3. The minimum atomic E-state index is 0.682. The first-order valence-corrected chi connectivity index (χ1v) is 8.44. The molecule has 1 rings (SSSR count). The Kier molecular flexibility index (Phi) is 9.92. The van der Waals surface area contributed by atoms with Crippen LogP contribution in [-0.2, 0) is 6.54 Å². The molecule has 0 unspecified atom stereocenters. The molecule has 0 saturated heterocycles. The Labute approximate surface area is 130 Å². The number of benzene rings is 1. The highest BCUT2D eigenvalue weighted by Crippen LogP contribution is 2.16. The molecule has 21 heavy (non-hydrogen) atoms. The summed E-state index contributed by atoms with van der Waals surface area (Å²) in [5.74, 6) is 0.965. The number of hydrogen-bond donors (Lipinski definition) is 1. The van der Waals surface area contributed by atoms with Crippen LogP contribution in [0.5, 0.6) is 5.75 Å². The lowest BCUT2D eigenvalue weighted by Gasteiger charge is -2.22. The molecule has 0 radical (unpaired) electrons. The SMILES string of the molecule is CCCCN(CCCC)Cc1cccc(OCCCN)c1. The van der Waals surface area contributed by atoms with Gasteiger partial charge in [0.1, 0.15) is 5.75 Å². The van der Waals surface area contributed by atoms with Gasteiger partial charge in [0.2, 0.25) is 0 Å². The normalized spacial score (nSPS) is 11.0. The summed E-state index contributed by atoms with van der Waals surface area (Å²) in [5, 5.41) is 0. The van der Waals surface area contributed by atoms with E-state index in [0.717, 1.165) is 18.7 Å². The van der Waals surface area contributed by atoms with Gasteiger partial charge in [0.05, 0.1) is 6.61 Å². The van der Waals surface area contributed by atoms with Gasteiger partial charge in [0, 0.05) is 6.54 Å². The van der Waals surface area contributed by atoms with Gasteiger partial charge in [0.15, 0.2) is 0 Å². The van der Waals surface area contributed by atoms with Crippen LogP contribution in [0.25, 0.3) is 0 Å². The molecule has 0 saturated carbocycles. The zero-order valence-corrected chi connectivity index (χ0v) is 13.8. The molecule has 3 nitrogen and oxygen atoms in total. The van der Waals surface area contributed by atoms with E-state index in [0.29, 0.717) is 13.2 Å². The molecule has 1 aromatic rings. The summed E-state index contributed by atoms with van der Waals surface area (Å²) in [7, 11) is 0. The molecule has 0 aliphatic carbocycles. The van der Waals surface area contributed by atoms with Crippen molar-refractivity contribution in [2.24, 2.45) is 5.73 Å². The maximum Gasteiger partial charge on any atom is 0.119 e. The van der Waals surface area contributed by atoms with E-state index < -0.39 is 0 Å². The molecule has 2 N–H and O–H groups in total. The molecule has 0 bridgehead atoms. The summed E-state index contributed by atoms with van der Waals surface area (Å²) in [6, 6.07) is 8.48. The van der Waals surface area contributed by atoms with Gasteiger partial charge in [-0.3, -0.25) is 4.90 Å². The van der Waals surface area contributed by atoms with E-state index in [2.05, 4.69) is 36.9 Å². The summed E-state index contributed by atoms with van der Waals surface area (Å²) >= 11 is 0. The van der Waals surface area contributed by atoms with Gasteiger partial charge < -0.3 is 10.5 Å². The average molecular weight is 292 g/mol. The van der Waals surface area contributed by atoms with E-state index in [-0.39, 0.29) is 0 Å². The molecule has 0 atom stereocenters. The standard InChI is InChI=1S/C18H32N2O/c1-3-5-12-20(13-6-4-2)16-17-9-7-10-18(15-17)21-14-8-11-19/h7,9-10,15H,3-6,8,11-14,16,19H2,1-2H3. The predicted octanol–water partition coefficient (Wildman–Crippen LogP) is 3.82. The molecular weight excluding hydrogens is 260 g/mol. The summed E-state index contributed by atoms with van der Waals surface area (Å²) in [5.41, 5.74) is 6.84. The third-order valence-electron chi connectivity index (χ3n) is 3.58. The number of rotatable bonds is 12. The third kappa shape index (κ3) is 8.08. The molecule has 0 heterocycles. The summed E-state index contributed by atoms with van der Waals surface area (Å²) in [6.45, 7) is 9.29. The Hall–Kier alpha value is -1.06. The minimum Gasteiger partial charge on any atom is -0.494 e. The molecular formula is C18H32N2O. The van der Waals surface area contributed by atoms with Crippen LogP contribution in [0, 0.1) is 0 Å². The summed E-state index contributed by atoms with van der Waals surface area (Å²) in [4.78, 5) is 2.56. The van der Waals surface area contributed by atoms with Crippen molar-refractivity contribution in [2.45, 2.75) is 52.5 Å². The second kappa shape index (κ2) is 11.6. The van der Waals surface area contributed by atoms with E-state index >= 15 is 0 Å². The first kappa shape index (κ1) is 18.0. The third-order valence-corrected chi connectivity index (χ3v) is 3.58. The molecule has 0 aliphatic heterocycles. The van der Waals surface area contributed by atoms with Crippen LogP contribution < -0.4 is 10.5 Å². The van der Waals surface area contributed by atoms with Gasteiger partial charge in [-0.25, -0.2) is 0 Å². The lowest BCUT2D eigenvalue weighted by Crippen LogP contribution is -2.25. The molecule has 1 aromatic carbocycles. The van der Waals surface area contributed by atoms with E-state index in [1.54, 1.807) is 0 Å². The van der Waals surface area contributed by atoms with E-state index in [1.807, 2.05) is 6.07 Å². The second-order valence-electron chi connectivity index (χ2n) is 5.62. The van der Waals surface area contributed by atoms with Crippen LogP contribution >= 0.6 is 0 Å². The van der Waals surface area contributed by atoms with Crippen molar-refractivity contribution in [3.05, 3.63) is 29.8 Å². The van der Waals surface area contributed by atoms with Gasteiger partial charge in [-0.1, -0.05) is 38.8 Å². The van der Waals surface area contributed by atoms with Gasteiger partial charge >= 0.3 is 0 Å². The molecule has 0 aliphatic rings. The fraction of sp³-hybridized carbons (Fsp3) is 0.667. The van der Waals surface area contributed by atoms with Crippen LogP contribution in [0.3, 0.4) is 0 Å². The Morgan fingerprint density at radius 3 is 2.38 bits per heavy atom. The van der Waals surface area contributed by atoms with Crippen molar-refractivity contribution < 1.29 is 4.74 Å². The second-order valence-corrected chi connectivity index (χ2v) is 5.62. The predicted molar refractivity (Wildman–Crippen MR) is 90.7 cm³/mol. The van der Waals surface area contributed by atoms with Crippen LogP contribution in [0.15, 0.2) is 24.3 Å². The Balaban J connectivity index is 2.53.